The van der Waals surface area contributed by atoms with Gasteiger partial charge >= 0.3 is 6.18 Å². The van der Waals surface area contributed by atoms with Gasteiger partial charge in [0.1, 0.15) is 12.4 Å². The van der Waals surface area contributed by atoms with E-state index in [1.807, 2.05) is 6.92 Å². The molecule has 0 amide bonds. The number of hydrogen-bond donors (Lipinski definition) is 1. The van der Waals surface area contributed by atoms with E-state index < -0.39 is 12.3 Å². The third-order valence-electron chi connectivity index (χ3n) is 2.14. The maximum absolute atomic E-state index is 12.4. The van der Waals surface area contributed by atoms with Crippen LogP contribution in [0.25, 0.3) is 0 Å². The monoisotopic (exact) mass is 279 g/mol. The molecule has 108 valence electrons. The molecular weight excluding hydrogens is 263 g/mol. The van der Waals surface area contributed by atoms with Gasteiger partial charge in [-0.25, -0.2) is 4.98 Å². The fourth-order valence-corrected chi connectivity index (χ4v) is 1.25. The largest absolute Gasteiger partial charge is 0.465 e. The van der Waals surface area contributed by atoms with Crippen molar-refractivity contribution in [2.45, 2.75) is 32.7 Å². The topological polar surface area (TPSA) is 56.3 Å². The number of hydrogen-bond acceptors (Lipinski definition) is 5. The van der Waals surface area contributed by atoms with Crippen LogP contribution in [0.1, 0.15) is 19.7 Å². The van der Waals surface area contributed by atoms with Crippen LogP contribution >= 0.6 is 0 Å². The Hall–Kier alpha value is -1.57. The zero-order chi connectivity index (χ0) is 14.5. The van der Waals surface area contributed by atoms with E-state index in [1.54, 1.807) is 0 Å². The lowest BCUT2D eigenvalue weighted by Gasteiger charge is -2.17. The predicted molar refractivity (Wildman–Crippen MR) is 63.1 cm³/mol. The second-order valence-electron chi connectivity index (χ2n) is 3.77. The number of aromatic nitrogens is 2. The zero-order valence-electron chi connectivity index (χ0n) is 10.9. The van der Waals surface area contributed by atoms with Gasteiger partial charge in [-0.2, -0.15) is 18.2 Å². The Kier molecular flexibility index (Phi) is 5.34. The van der Waals surface area contributed by atoms with Crippen molar-refractivity contribution in [1.82, 2.24) is 9.97 Å². The van der Waals surface area contributed by atoms with Gasteiger partial charge in [-0.15, -0.1) is 0 Å². The van der Waals surface area contributed by atoms with E-state index in [0.717, 1.165) is 6.92 Å². The maximum Gasteiger partial charge on any atom is 0.425 e. The van der Waals surface area contributed by atoms with Crippen LogP contribution in [0.4, 0.5) is 19.0 Å². The fraction of sp³-hybridized carbons (Fsp3) is 0.636. The summed E-state index contributed by atoms with van der Waals surface area (Å²) in [5.41, 5.74) is 0. The molecule has 1 N–H and O–H groups in total. The molecule has 0 fully saturated rings. The third kappa shape index (κ3) is 4.90. The molecule has 1 aromatic heterocycles. The summed E-state index contributed by atoms with van der Waals surface area (Å²) in [4.78, 5) is 7.93. The van der Waals surface area contributed by atoms with E-state index in [9.17, 15) is 13.2 Å². The van der Waals surface area contributed by atoms with Crippen molar-refractivity contribution in [3.05, 3.63) is 11.9 Å². The van der Waals surface area contributed by atoms with Crippen LogP contribution in [0.2, 0.25) is 0 Å². The smallest absolute Gasteiger partial charge is 0.425 e. The number of nitrogens with zero attached hydrogens (tertiary/aromatic N) is 2. The molecule has 0 saturated carbocycles. The highest BCUT2D eigenvalue weighted by molar-refractivity contribution is 5.38. The van der Waals surface area contributed by atoms with Crippen LogP contribution < -0.4 is 10.1 Å². The summed E-state index contributed by atoms with van der Waals surface area (Å²) >= 11 is 0. The number of alkyl halides is 3. The molecule has 0 aliphatic carbocycles. The summed E-state index contributed by atoms with van der Waals surface area (Å²) in [6.07, 6.45) is -6.38. The normalized spacial score (nSPS) is 13.2. The average Bonchev–Trinajstić information content (AvgIpc) is 2.28. The molecule has 1 heterocycles. The van der Waals surface area contributed by atoms with Crippen molar-refractivity contribution in [2.24, 2.45) is 0 Å². The van der Waals surface area contributed by atoms with Crippen LogP contribution in [0, 0.1) is 0 Å². The zero-order valence-corrected chi connectivity index (χ0v) is 10.9. The first-order valence-electron chi connectivity index (χ1n) is 5.71. The van der Waals surface area contributed by atoms with Gasteiger partial charge in [-0.1, -0.05) is 0 Å². The van der Waals surface area contributed by atoms with E-state index in [1.165, 1.54) is 13.2 Å². The van der Waals surface area contributed by atoms with Gasteiger partial charge in [0.15, 0.2) is 11.9 Å². The summed E-state index contributed by atoms with van der Waals surface area (Å²) < 4.78 is 46.9. The summed E-state index contributed by atoms with van der Waals surface area (Å²) in [6, 6.07) is 1.32. The van der Waals surface area contributed by atoms with Crippen LogP contribution in [0.3, 0.4) is 0 Å². The van der Waals surface area contributed by atoms with Gasteiger partial charge in [0.05, 0.1) is 0 Å². The second-order valence-corrected chi connectivity index (χ2v) is 3.77. The molecular formula is C11H16F3N3O2. The number of methoxy groups -OCH3 is 1. The second kappa shape index (κ2) is 6.55. The highest BCUT2D eigenvalue weighted by Gasteiger charge is 2.38. The first kappa shape index (κ1) is 15.5. The Labute approximate surface area is 109 Å². The fourth-order valence-electron chi connectivity index (χ4n) is 1.25. The Morgan fingerprint density at radius 2 is 2.05 bits per heavy atom. The number of halogens is 3. The Morgan fingerprint density at radius 1 is 1.37 bits per heavy atom. The molecule has 0 radical (unpaired) electrons. The van der Waals surface area contributed by atoms with Crippen molar-refractivity contribution >= 4 is 5.82 Å². The Morgan fingerprint density at radius 3 is 2.58 bits per heavy atom. The van der Waals surface area contributed by atoms with Crippen molar-refractivity contribution < 1.29 is 22.6 Å². The van der Waals surface area contributed by atoms with Crippen molar-refractivity contribution in [3.63, 3.8) is 0 Å². The highest BCUT2D eigenvalue weighted by atomic mass is 19.4. The first-order chi connectivity index (χ1) is 8.86. The molecule has 0 aliphatic rings. The SMILES string of the molecule is CCNc1cc(OC(C)C(F)(F)F)nc(COC)n1. The summed E-state index contributed by atoms with van der Waals surface area (Å²) in [6.45, 7) is 3.44. The van der Waals surface area contributed by atoms with Gasteiger partial charge in [-0.05, 0) is 13.8 Å². The number of anilines is 1. The number of ether oxygens (including phenoxy) is 2. The maximum atomic E-state index is 12.4. The lowest BCUT2D eigenvalue weighted by Crippen LogP contribution is -2.31. The minimum Gasteiger partial charge on any atom is -0.465 e. The van der Waals surface area contributed by atoms with E-state index in [-0.39, 0.29) is 18.3 Å². The van der Waals surface area contributed by atoms with Crippen LogP contribution in [-0.4, -0.2) is 35.9 Å². The van der Waals surface area contributed by atoms with Crippen LogP contribution in [0.5, 0.6) is 5.88 Å². The van der Waals surface area contributed by atoms with Crippen molar-refractivity contribution in [1.29, 1.82) is 0 Å². The molecule has 0 aromatic carbocycles. The van der Waals surface area contributed by atoms with Gasteiger partial charge in [0, 0.05) is 19.7 Å². The Balaban J connectivity index is 2.92. The van der Waals surface area contributed by atoms with Crippen LogP contribution in [-0.2, 0) is 11.3 Å². The van der Waals surface area contributed by atoms with Gasteiger partial charge < -0.3 is 14.8 Å². The van der Waals surface area contributed by atoms with Gasteiger partial charge in [-0.3, -0.25) is 0 Å². The summed E-state index contributed by atoms with van der Waals surface area (Å²) in [5.74, 6) is 0.516. The molecule has 1 unspecified atom stereocenters. The molecule has 1 aromatic rings. The lowest BCUT2D eigenvalue weighted by atomic mass is 10.4. The molecule has 5 nitrogen and oxygen atoms in total. The summed E-state index contributed by atoms with van der Waals surface area (Å²) in [5, 5.41) is 2.89. The average molecular weight is 279 g/mol. The molecule has 19 heavy (non-hydrogen) atoms. The molecule has 0 saturated heterocycles. The van der Waals surface area contributed by atoms with Crippen molar-refractivity contribution in [2.75, 3.05) is 19.0 Å². The molecule has 0 spiro atoms. The van der Waals surface area contributed by atoms with Gasteiger partial charge in [0.2, 0.25) is 5.88 Å². The molecule has 0 bridgehead atoms. The highest BCUT2D eigenvalue weighted by Crippen LogP contribution is 2.25. The minimum absolute atomic E-state index is 0.0932. The summed E-state index contributed by atoms with van der Waals surface area (Å²) in [7, 11) is 1.45. The molecule has 1 atom stereocenters. The first-order valence-corrected chi connectivity index (χ1v) is 5.71. The number of rotatable bonds is 6. The van der Waals surface area contributed by atoms with E-state index in [2.05, 4.69) is 15.3 Å². The third-order valence-corrected chi connectivity index (χ3v) is 2.14. The predicted octanol–water partition coefficient (Wildman–Crippen LogP) is 2.38. The Bertz CT molecular complexity index is 388. The number of nitrogens with one attached hydrogen (secondary N) is 1. The van der Waals surface area contributed by atoms with Crippen LogP contribution in [0.15, 0.2) is 6.07 Å². The van der Waals surface area contributed by atoms with E-state index in [0.29, 0.717) is 12.4 Å². The molecule has 0 aliphatic heterocycles. The van der Waals surface area contributed by atoms with Gasteiger partial charge in [0.25, 0.3) is 0 Å². The standard InChI is InChI=1S/C11H16F3N3O2/c1-4-15-8-5-10(17-9(16-8)6-18-3)19-7(2)11(12,13)14/h5,7H,4,6H2,1-3H3,(H,15,16,17). The lowest BCUT2D eigenvalue weighted by molar-refractivity contribution is -0.190. The van der Waals surface area contributed by atoms with E-state index in [4.69, 9.17) is 9.47 Å². The van der Waals surface area contributed by atoms with E-state index >= 15 is 0 Å². The molecule has 8 heteroatoms. The van der Waals surface area contributed by atoms with Crippen molar-refractivity contribution in [3.8, 4) is 5.88 Å². The molecule has 1 rings (SSSR count). The minimum atomic E-state index is -4.44. The quantitative estimate of drug-likeness (QED) is 0.866.